The number of phenols is 1. The second-order valence-corrected chi connectivity index (χ2v) is 8.39. The number of nitrogens with one attached hydrogen (secondary N) is 1. The highest BCUT2D eigenvalue weighted by Gasteiger charge is 2.20. The fraction of sp³-hybridized carbons (Fsp3) is 0.120. The van der Waals surface area contributed by atoms with Crippen molar-refractivity contribution in [3.8, 4) is 28.9 Å². The summed E-state index contributed by atoms with van der Waals surface area (Å²) >= 11 is 1.23. The van der Waals surface area contributed by atoms with Gasteiger partial charge < -0.3 is 10.4 Å². The minimum absolute atomic E-state index is 0.0730. The molecule has 2 N–H and O–H groups in total. The highest BCUT2D eigenvalue weighted by Crippen LogP contribution is 2.33. The molecule has 0 aliphatic heterocycles. The first-order valence-electron chi connectivity index (χ1n) is 10.2. The van der Waals surface area contributed by atoms with E-state index in [4.69, 9.17) is 0 Å². The van der Waals surface area contributed by atoms with Crippen molar-refractivity contribution < 1.29 is 9.90 Å². The number of amides is 1. The van der Waals surface area contributed by atoms with Crippen LogP contribution in [0.15, 0.2) is 71.9 Å². The van der Waals surface area contributed by atoms with E-state index in [2.05, 4.69) is 27.6 Å². The number of aryl methyl sites for hydroxylation is 2. The van der Waals surface area contributed by atoms with Crippen LogP contribution in [0.25, 0.3) is 17.1 Å². The number of aromatic hydroxyl groups is 1. The van der Waals surface area contributed by atoms with Crippen molar-refractivity contribution in [2.75, 3.05) is 11.1 Å². The normalized spacial score (nSPS) is 10.6. The minimum Gasteiger partial charge on any atom is -0.507 e. The summed E-state index contributed by atoms with van der Waals surface area (Å²) in [6.07, 6.45) is 0. The molecule has 8 heteroatoms. The Balaban J connectivity index is 1.67. The molecule has 1 heterocycles. The molecule has 4 aromatic rings. The van der Waals surface area contributed by atoms with E-state index < -0.39 is 0 Å². The number of thioether (sulfide) groups is 1. The summed E-state index contributed by atoms with van der Waals surface area (Å²) in [6.45, 7) is 4.02. The van der Waals surface area contributed by atoms with E-state index in [9.17, 15) is 15.2 Å². The van der Waals surface area contributed by atoms with Crippen LogP contribution in [0.3, 0.4) is 0 Å². The second kappa shape index (κ2) is 9.59. The average Bonchev–Trinajstić information content (AvgIpc) is 3.22. The van der Waals surface area contributed by atoms with Gasteiger partial charge in [-0.25, -0.2) is 0 Å². The number of para-hydroxylation sites is 2. The van der Waals surface area contributed by atoms with Gasteiger partial charge in [-0.1, -0.05) is 53.7 Å². The van der Waals surface area contributed by atoms with Gasteiger partial charge in [0.05, 0.1) is 28.3 Å². The number of benzene rings is 3. The van der Waals surface area contributed by atoms with Gasteiger partial charge >= 0.3 is 0 Å². The zero-order chi connectivity index (χ0) is 23.4. The van der Waals surface area contributed by atoms with Gasteiger partial charge in [0.15, 0.2) is 11.0 Å². The number of nitriles is 1. The Kier molecular flexibility index (Phi) is 6.43. The quantitative estimate of drug-likeness (QED) is 0.403. The van der Waals surface area contributed by atoms with Crippen LogP contribution >= 0.6 is 11.8 Å². The molecule has 0 aliphatic rings. The second-order valence-electron chi connectivity index (χ2n) is 7.44. The minimum atomic E-state index is -0.262. The van der Waals surface area contributed by atoms with Crippen molar-refractivity contribution >= 4 is 23.4 Å². The molecule has 7 nitrogen and oxygen atoms in total. The van der Waals surface area contributed by atoms with Gasteiger partial charge in [0.25, 0.3) is 0 Å². The van der Waals surface area contributed by atoms with E-state index in [1.165, 1.54) is 11.8 Å². The maximum absolute atomic E-state index is 12.6. The first-order valence-corrected chi connectivity index (χ1v) is 11.2. The molecule has 3 aromatic carbocycles. The summed E-state index contributed by atoms with van der Waals surface area (Å²) in [6, 6.07) is 21.9. The smallest absolute Gasteiger partial charge is 0.234 e. The van der Waals surface area contributed by atoms with Gasteiger partial charge in [-0.05, 0) is 49.7 Å². The van der Waals surface area contributed by atoms with Crippen LogP contribution in [0.1, 0.15) is 16.7 Å². The topological polar surface area (TPSA) is 104 Å². The Morgan fingerprint density at radius 2 is 1.85 bits per heavy atom. The molecule has 0 radical (unpaired) electrons. The van der Waals surface area contributed by atoms with Gasteiger partial charge in [-0.2, -0.15) is 5.26 Å². The lowest BCUT2D eigenvalue weighted by Crippen LogP contribution is -2.15. The summed E-state index contributed by atoms with van der Waals surface area (Å²) < 4.78 is 1.85. The summed E-state index contributed by atoms with van der Waals surface area (Å²) in [5.74, 6) is 0.391. The lowest BCUT2D eigenvalue weighted by molar-refractivity contribution is -0.113. The Bertz CT molecular complexity index is 1370. The number of rotatable bonds is 6. The van der Waals surface area contributed by atoms with E-state index >= 15 is 0 Å². The lowest BCUT2D eigenvalue weighted by Gasteiger charge is -2.14. The highest BCUT2D eigenvalue weighted by molar-refractivity contribution is 7.99. The summed E-state index contributed by atoms with van der Waals surface area (Å²) in [5.41, 5.74) is 4.41. The van der Waals surface area contributed by atoms with Crippen LogP contribution in [0, 0.1) is 25.2 Å². The molecule has 1 aromatic heterocycles. The molecule has 0 saturated heterocycles. The van der Waals surface area contributed by atoms with E-state index in [-0.39, 0.29) is 17.4 Å². The molecular formula is C25H21N5O2S. The molecule has 33 heavy (non-hydrogen) atoms. The number of hydrogen-bond donors (Lipinski definition) is 2. The number of phenolic OH excluding ortho intramolecular Hbond substituents is 1. The van der Waals surface area contributed by atoms with Crippen molar-refractivity contribution in [3.05, 3.63) is 83.4 Å². The molecule has 164 valence electrons. The number of aromatic nitrogens is 3. The van der Waals surface area contributed by atoms with Gasteiger partial charge in [0.2, 0.25) is 5.91 Å². The van der Waals surface area contributed by atoms with Crippen LogP contribution in [-0.2, 0) is 4.79 Å². The standard InChI is InChI=1S/C25H21N5O2S/c1-16-11-12-21(17(2)13-16)30-24(19-8-4-6-10-22(19)31)28-29-25(30)33-15-23(32)27-20-9-5-3-7-18(20)14-26/h3-13,31H,15H2,1-2H3,(H,27,32). The first-order chi connectivity index (χ1) is 16.0. The fourth-order valence-corrected chi connectivity index (χ4v) is 4.22. The number of hydrogen-bond acceptors (Lipinski definition) is 6. The zero-order valence-electron chi connectivity index (χ0n) is 18.1. The number of anilines is 1. The lowest BCUT2D eigenvalue weighted by atomic mass is 10.1. The summed E-state index contributed by atoms with van der Waals surface area (Å²) in [7, 11) is 0. The van der Waals surface area contributed by atoms with E-state index in [1.807, 2.05) is 36.6 Å². The molecule has 0 fully saturated rings. The monoisotopic (exact) mass is 455 g/mol. The Morgan fingerprint density at radius 3 is 2.61 bits per heavy atom. The van der Waals surface area contributed by atoms with Crippen LogP contribution in [0.4, 0.5) is 5.69 Å². The number of carbonyl (C=O) groups excluding carboxylic acids is 1. The molecular weight excluding hydrogens is 434 g/mol. The van der Waals surface area contributed by atoms with Crippen molar-refractivity contribution in [1.82, 2.24) is 14.8 Å². The van der Waals surface area contributed by atoms with Gasteiger partial charge in [-0.15, -0.1) is 10.2 Å². The third-order valence-corrected chi connectivity index (χ3v) is 5.95. The van der Waals surface area contributed by atoms with E-state index in [0.717, 1.165) is 16.8 Å². The molecule has 0 atom stereocenters. The Labute approximate surface area is 195 Å². The van der Waals surface area contributed by atoms with Crippen molar-refractivity contribution in [1.29, 1.82) is 5.26 Å². The van der Waals surface area contributed by atoms with Gasteiger partial charge in [0.1, 0.15) is 11.8 Å². The molecule has 1 amide bonds. The molecule has 0 spiro atoms. The molecule has 0 bridgehead atoms. The molecule has 0 aliphatic carbocycles. The Morgan fingerprint density at radius 1 is 1.09 bits per heavy atom. The maximum atomic E-state index is 12.6. The largest absolute Gasteiger partial charge is 0.507 e. The summed E-state index contributed by atoms with van der Waals surface area (Å²) in [4.78, 5) is 12.6. The fourth-order valence-electron chi connectivity index (χ4n) is 3.48. The van der Waals surface area contributed by atoms with Crippen LogP contribution < -0.4 is 5.32 Å². The third kappa shape index (κ3) is 4.73. The third-order valence-electron chi connectivity index (χ3n) is 5.03. The van der Waals surface area contributed by atoms with Crippen molar-refractivity contribution in [2.24, 2.45) is 0 Å². The Hall–Kier alpha value is -4.09. The average molecular weight is 456 g/mol. The van der Waals surface area contributed by atoms with E-state index in [1.54, 1.807) is 42.5 Å². The predicted molar refractivity (Wildman–Crippen MR) is 128 cm³/mol. The van der Waals surface area contributed by atoms with Crippen LogP contribution in [-0.4, -0.2) is 31.5 Å². The van der Waals surface area contributed by atoms with E-state index in [0.29, 0.717) is 27.8 Å². The summed E-state index contributed by atoms with van der Waals surface area (Å²) in [5, 5.41) is 31.6. The van der Waals surface area contributed by atoms with Crippen LogP contribution in [0.2, 0.25) is 0 Å². The number of carbonyl (C=O) groups is 1. The SMILES string of the molecule is Cc1ccc(-n2c(SCC(=O)Nc3ccccc3C#N)nnc2-c2ccccc2O)c(C)c1. The first kappa shape index (κ1) is 22.1. The van der Waals surface area contributed by atoms with Gasteiger partial charge in [0, 0.05) is 0 Å². The van der Waals surface area contributed by atoms with Crippen molar-refractivity contribution in [3.63, 3.8) is 0 Å². The molecule has 4 rings (SSSR count). The predicted octanol–water partition coefficient (Wildman–Crippen LogP) is 4.86. The van der Waals surface area contributed by atoms with Crippen molar-refractivity contribution in [2.45, 2.75) is 19.0 Å². The maximum Gasteiger partial charge on any atom is 0.234 e. The van der Waals surface area contributed by atoms with Gasteiger partial charge in [-0.3, -0.25) is 9.36 Å². The molecule has 0 saturated carbocycles. The number of nitrogens with zero attached hydrogens (tertiary/aromatic N) is 4. The zero-order valence-corrected chi connectivity index (χ0v) is 18.9. The van der Waals surface area contributed by atoms with Crippen LogP contribution in [0.5, 0.6) is 5.75 Å². The molecule has 0 unspecified atom stereocenters. The highest BCUT2D eigenvalue weighted by atomic mass is 32.2.